The number of rotatable bonds is 3. The Morgan fingerprint density at radius 1 is 1.00 bits per heavy atom. The molecule has 0 unspecified atom stereocenters. The van der Waals surface area contributed by atoms with E-state index in [9.17, 15) is 19.2 Å². The molecule has 0 saturated carbocycles. The Hall–Kier alpha value is -2.94. The topological polar surface area (TPSA) is 93.7 Å². The molecular formula is C18H16N4O4S. The van der Waals surface area contributed by atoms with E-state index in [4.69, 9.17) is 0 Å². The molecule has 2 aromatic rings. The molecule has 4 rings (SSSR count). The Labute approximate surface area is 158 Å². The Morgan fingerprint density at radius 2 is 1.63 bits per heavy atom. The number of benzene rings is 1. The number of fused-ring (bicyclic) bond motifs is 2. The average Bonchev–Trinajstić information content (AvgIpc) is 3.20. The van der Waals surface area contributed by atoms with Gasteiger partial charge < -0.3 is 0 Å². The first-order valence-electron chi connectivity index (χ1n) is 8.34. The van der Waals surface area contributed by atoms with Crippen molar-refractivity contribution in [2.24, 2.45) is 19.1 Å². The van der Waals surface area contributed by atoms with Crippen LogP contribution in [0.1, 0.15) is 26.3 Å². The maximum atomic E-state index is 12.4. The minimum absolute atomic E-state index is 0.253. The van der Waals surface area contributed by atoms with Crippen LogP contribution in [0.3, 0.4) is 0 Å². The summed E-state index contributed by atoms with van der Waals surface area (Å²) < 4.78 is 2.43. The molecule has 0 radical (unpaired) electrons. The van der Waals surface area contributed by atoms with Gasteiger partial charge in [-0.15, -0.1) is 11.8 Å². The number of imide groups is 1. The van der Waals surface area contributed by atoms with Crippen molar-refractivity contribution in [1.29, 1.82) is 0 Å². The second kappa shape index (κ2) is 6.34. The third-order valence-corrected chi connectivity index (χ3v) is 5.70. The van der Waals surface area contributed by atoms with E-state index in [1.54, 1.807) is 31.3 Å². The first-order chi connectivity index (χ1) is 12.9. The van der Waals surface area contributed by atoms with Crippen LogP contribution in [-0.4, -0.2) is 43.2 Å². The highest BCUT2D eigenvalue weighted by Crippen LogP contribution is 2.27. The predicted molar refractivity (Wildman–Crippen MR) is 102 cm³/mol. The smallest absolute Gasteiger partial charge is 0.281 e. The first-order valence-corrected chi connectivity index (χ1v) is 9.33. The first kappa shape index (κ1) is 17.5. The van der Waals surface area contributed by atoms with Crippen LogP contribution in [0.25, 0.3) is 0 Å². The number of hydrogen-bond donors (Lipinski definition) is 0. The summed E-state index contributed by atoms with van der Waals surface area (Å²) in [5.74, 6) is 0.270. The Morgan fingerprint density at radius 3 is 2.26 bits per heavy atom. The quantitative estimate of drug-likeness (QED) is 0.726. The third kappa shape index (κ3) is 2.66. The average molecular weight is 384 g/mol. The molecule has 0 aliphatic carbocycles. The second-order valence-corrected chi connectivity index (χ2v) is 7.51. The summed E-state index contributed by atoms with van der Waals surface area (Å²) in [7, 11) is 3.02. The fraction of sp³-hybridized carbons (Fsp3) is 0.278. The van der Waals surface area contributed by atoms with E-state index in [-0.39, 0.29) is 23.9 Å². The maximum absolute atomic E-state index is 12.4. The summed E-state index contributed by atoms with van der Waals surface area (Å²) in [6, 6.07) is 6.77. The number of aromatic nitrogens is 2. The van der Waals surface area contributed by atoms with Gasteiger partial charge in [-0.05, 0) is 12.1 Å². The summed E-state index contributed by atoms with van der Waals surface area (Å²) in [5, 5.41) is 0.694. The van der Waals surface area contributed by atoms with E-state index in [0.717, 1.165) is 4.57 Å². The van der Waals surface area contributed by atoms with Crippen molar-refractivity contribution in [3.05, 3.63) is 61.8 Å². The molecule has 1 aromatic heterocycles. The van der Waals surface area contributed by atoms with Crippen molar-refractivity contribution in [2.45, 2.75) is 6.42 Å². The molecule has 1 aromatic carbocycles. The van der Waals surface area contributed by atoms with Crippen molar-refractivity contribution in [3.63, 3.8) is 0 Å². The largest absolute Gasteiger partial charge is 0.332 e. The molecule has 8 nitrogen and oxygen atoms in total. The van der Waals surface area contributed by atoms with Crippen LogP contribution in [0.2, 0.25) is 0 Å². The van der Waals surface area contributed by atoms with Gasteiger partial charge in [-0.1, -0.05) is 12.1 Å². The van der Waals surface area contributed by atoms with Crippen LogP contribution >= 0.6 is 11.8 Å². The zero-order valence-corrected chi connectivity index (χ0v) is 15.6. The van der Waals surface area contributed by atoms with Crippen molar-refractivity contribution in [1.82, 2.24) is 14.0 Å². The van der Waals surface area contributed by atoms with Crippen LogP contribution in [0.4, 0.5) is 5.82 Å². The molecule has 9 heteroatoms. The van der Waals surface area contributed by atoms with Crippen LogP contribution in [0.5, 0.6) is 0 Å². The van der Waals surface area contributed by atoms with Gasteiger partial charge in [0.15, 0.2) is 0 Å². The van der Waals surface area contributed by atoms with Crippen LogP contribution in [-0.2, 0) is 20.5 Å². The van der Waals surface area contributed by atoms with E-state index >= 15 is 0 Å². The molecule has 0 fully saturated rings. The summed E-state index contributed by atoms with van der Waals surface area (Å²) in [5.41, 5.74) is 0.587. The fourth-order valence-electron chi connectivity index (χ4n) is 3.29. The van der Waals surface area contributed by atoms with Gasteiger partial charge in [-0.25, -0.2) is 9.79 Å². The van der Waals surface area contributed by atoms with Crippen molar-refractivity contribution in [2.75, 3.05) is 12.3 Å². The molecule has 0 bridgehead atoms. The van der Waals surface area contributed by atoms with Gasteiger partial charge in [-0.2, -0.15) is 0 Å². The van der Waals surface area contributed by atoms with Crippen molar-refractivity contribution < 1.29 is 9.59 Å². The monoisotopic (exact) mass is 384 g/mol. The Balaban J connectivity index is 1.46. The van der Waals surface area contributed by atoms with Gasteiger partial charge in [0.05, 0.1) is 21.7 Å². The summed E-state index contributed by atoms with van der Waals surface area (Å²) >= 11 is 1.38. The summed E-state index contributed by atoms with van der Waals surface area (Å²) in [6.45, 7) is 0.253. The number of hydrogen-bond acceptors (Lipinski definition) is 6. The van der Waals surface area contributed by atoms with Gasteiger partial charge in [0.25, 0.3) is 17.4 Å². The highest BCUT2D eigenvalue weighted by atomic mass is 32.2. The number of nitrogens with zero attached hydrogens (tertiary/aromatic N) is 4. The fourth-order valence-corrected chi connectivity index (χ4v) is 4.20. The normalized spacial score (nSPS) is 15.2. The lowest BCUT2D eigenvalue weighted by Crippen LogP contribution is -2.38. The molecule has 0 atom stereocenters. The molecule has 2 aliphatic rings. The van der Waals surface area contributed by atoms with Crippen molar-refractivity contribution >= 4 is 34.4 Å². The molecule has 27 heavy (non-hydrogen) atoms. The maximum Gasteiger partial charge on any atom is 0.332 e. The third-order valence-electron chi connectivity index (χ3n) is 4.74. The molecule has 2 amide bonds. The summed E-state index contributed by atoms with van der Waals surface area (Å²) in [6.07, 6.45) is 0.350. The minimum atomic E-state index is -0.417. The van der Waals surface area contributed by atoms with E-state index in [0.29, 0.717) is 39.7 Å². The van der Waals surface area contributed by atoms with E-state index in [2.05, 4.69) is 4.99 Å². The number of thioether (sulfide) groups is 1. The van der Waals surface area contributed by atoms with E-state index in [1.165, 1.54) is 28.3 Å². The number of amides is 2. The van der Waals surface area contributed by atoms with Crippen molar-refractivity contribution in [3.8, 4) is 0 Å². The van der Waals surface area contributed by atoms with Gasteiger partial charge in [0.1, 0.15) is 5.82 Å². The molecular weight excluding hydrogens is 368 g/mol. The van der Waals surface area contributed by atoms with Crippen LogP contribution in [0.15, 0.2) is 38.8 Å². The molecule has 0 N–H and O–H groups in total. The Kier molecular flexibility index (Phi) is 4.11. The van der Waals surface area contributed by atoms with Crippen LogP contribution < -0.4 is 11.2 Å². The lowest BCUT2D eigenvalue weighted by molar-refractivity contribution is 0.0664. The Bertz CT molecular complexity index is 1110. The number of aliphatic imine (C=N–C) groups is 1. The summed E-state index contributed by atoms with van der Waals surface area (Å²) in [4.78, 5) is 54.6. The van der Waals surface area contributed by atoms with Gasteiger partial charge in [0, 0.05) is 32.8 Å². The predicted octanol–water partition coefficient (Wildman–Crippen LogP) is 0.700. The molecule has 3 heterocycles. The lowest BCUT2D eigenvalue weighted by atomic mass is 10.1. The second-order valence-electron chi connectivity index (χ2n) is 6.35. The van der Waals surface area contributed by atoms with Gasteiger partial charge >= 0.3 is 5.69 Å². The van der Waals surface area contributed by atoms with E-state index < -0.39 is 5.69 Å². The lowest BCUT2D eigenvalue weighted by Gasteiger charge is -2.13. The van der Waals surface area contributed by atoms with E-state index in [1.807, 2.05) is 0 Å². The highest BCUT2D eigenvalue weighted by Gasteiger charge is 2.34. The molecule has 0 spiro atoms. The zero-order chi connectivity index (χ0) is 19.3. The molecule has 138 valence electrons. The molecule has 2 aliphatic heterocycles. The standard InChI is InChI=1S/C18H16N4O4S/c1-20-14-12(15(23)21(2)18(20)26)9-13(19-14)27-8-7-22-16(24)10-5-3-4-6-11(10)17(22)25/h3-6H,7-9H2,1-2H3. The number of carbonyl (C=O) groups is 2. The number of carbonyl (C=O) groups excluding carboxylic acids is 2. The minimum Gasteiger partial charge on any atom is -0.281 e. The van der Waals surface area contributed by atoms with Gasteiger partial charge in [0.2, 0.25) is 0 Å². The SMILES string of the molecule is Cn1c2c(c(=O)n(C)c1=O)CC(SCCN1C(=O)c3ccccc3C1=O)=N2. The molecule has 0 saturated heterocycles. The van der Waals surface area contributed by atoms with Crippen LogP contribution in [0, 0.1) is 0 Å². The zero-order valence-electron chi connectivity index (χ0n) is 14.8. The highest BCUT2D eigenvalue weighted by molar-refractivity contribution is 8.14. The van der Waals surface area contributed by atoms with Gasteiger partial charge in [-0.3, -0.25) is 28.4 Å².